The van der Waals surface area contributed by atoms with Gasteiger partial charge in [0, 0.05) is 18.0 Å². The van der Waals surface area contributed by atoms with Gasteiger partial charge >= 0.3 is 6.18 Å². The van der Waals surface area contributed by atoms with Crippen molar-refractivity contribution in [1.29, 1.82) is 0 Å². The van der Waals surface area contributed by atoms with Gasteiger partial charge in [-0.05, 0) is 43.2 Å². The minimum absolute atomic E-state index is 0.340. The molecule has 0 saturated carbocycles. The first-order chi connectivity index (χ1) is 13.3. The third kappa shape index (κ3) is 4.19. The number of nitrogens with one attached hydrogen (secondary N) is 1. The van der Waals surface area contributed by atoms with Crippen molar-refractivity contribution in [2.75, 3.05) is 0 Å². The van der Waals surface area contributed by atoms with Gasteiger partial charge in [-0.15, -0.1) is 0 Å². The number of nitrogens with zero attached hydrogens (tertiary/aromatic N) is 2. The number of hydrogen-bond acceptors (Lipinski definition) is 3. The first-order valence-corrected chi connectivity index (χ1v) is 8.62. The van der Waals surface area contributed by atoms with Crippen LogP contribution in [0.15, 0.2) is 60.9 Å². The fraction of sp³-hybridized carbons (Fsp3) is 0.190. The van der Waals surface area contributed by atoms with E-state index in [9.17, 15) is 18.0 Å². The normalized spacial score (nSPS) is 12.5. The number of aryl methyl sites for hydroxylation is 1. The summed E-state index contributed by atoms with van der Waals surface area (Å²) >= 11 is 0. The number of aromatic nitrogens is 2. The Balaban J connectivity index is 1.88. The van der Waals surface area contributed by atoms with E-state index in [1.165, 1.54) is 12.1 Å². The Morgan fingerprint density at radius 2 is 1.64 bits per heavy atom. The van der Waals surface area contributed by atoms with Gasteiger partial charge in [0.05, 0.1) is 23.0 Å². The second-order valence-electron chi connectivity index (χ2n) is 6.34. The molecule has 7 heteroatoms. The number of carbonyl (C=O) groups excluding carboxylic acids is 1. The molecule has 1 atom stereocenters. The predicted molar refractivity (Wildman–Crippen MR) is 99.5 cm³/mol. The molecule has 3 aromatic rings. The van der Waals surface area contributed by atoms with Crippen LogP contribution in [0.1, 0.15) is 40.3 Å². The largest absolute Gasteiger partial charge is 0.416 e. The van der Waals surface area contributed by atoms with E-state index in [-0.39, 0.29) is 11.9 Å². The summed E-state index contributed by atoms with van der Waals surface area (Å²) < 4.78 is 38.4. The average molecular weight is 385 g/mol. The molecule has 1 amide bonds. The maximum atomic E-state index is 12.8. The monoisotopic (exact) mass is 385 g/mol. The average Bonchev–Trinajstić information content (AvgIpc) is 2.67. The number of halogens is 3. The van der Waals surface area contributed by atoms with Crippen LogP contribution < -0.4 is 5.32 Å². The maximum absolute atomic E-state index is 12.8. The Bertz CT molecular complexity index is 985. The molecule has 1 heterocycles. The van der Waals surface area contributed by atoms with E-state index in [0.29, 0.717) is 28.1 Å². The summed E-state index contributed by atoms with van der Waals surface area (Å²) in [7, 11) is 0. The van der Waals surface area contributed by atoms with Crippen molar-refractivity contribution in [3.8, 4) is 11.1 Å². The summed E-state index contributed by atoms with van der Waals surface area (Å²) in [4.78, 5) is 21.2. The highest BCUT2D eigenvalue weighted by Crippen LogP contribution is 2.32. The Labute approximate surface area is 160 Å². The van der Waals surface area contributed by atoms with Crippen LogP contribution in [0.2, 0.25) is 0 Å². The second-order valence-corrected chi connectivity index (χ2v) is 6.34. The molecule has 2 aromatic carbocycles. The zero-order chi connectivity index (χ0) is 20.3. The smallest absolute Gasteiger partial charge is 0.344 e. The SMILES string of the molecule is Cc1nccnc1C(C)NC(=O)c1ccccc1-c1ccc(C(F)(F)F)cc1. The Hall–Kier alpha value is -3.22. The molecule has 0 spiro atoms. The second kappa shape index (κ2) is 7.80. The Kier molecular flexibility index (Phi) is 5.44. The minimum atomic E-state index is -4.40. The van der Waals surface area contributed by atoms with Gasteiger partial charge in [-0.2, -0.15) is 13.2 Å². The summed E-state index contributed by atoms with van der Waals surface area (Å²) in [6.07, 6.45) is -1.27. The quantitative estimate of drug-likeness (QED) is 0.691. The lowest BCUT2D eigenvalue weighted by molar-refractivity contribution is -0.137. The van der Waals surface area contributed by atoms with Crippen LogP contribution in [-0.2, 0) is 6.18 Å². The van der Waals surface area contributed by atoms with E-state index >= 15 is 0 Å². The van der Waals surface area contributed by atoms with Gasteiger partial charge in [0.25, 0.3) is 5.91 Å². The van der Waals surface area contributed by atoms with Gasteiger partial charge in [0.2, 0.25) is 0 Å². The molecule has 1 unspecified atom stereocenters. The van der Waals surface area contributed by atoms with Gasteiger partial charge in [-0.3, -0.25) is 14.8 Å². The van der Waals surface area contributed by atoms with E-state index in [0.717, 1.165) is 12.1 Å². The van der Waals surface area contributed by atoms with Crippen LogP contribution in [0.25, 0.3) is 11.1 Å². The highest BCUT2D eigenvalue weighted by atomic mass is 19.4. The van der Waals surface area contributed by atoms with E-state index < -0.39 is 11.7 Å². The number of hydrogen-bond donors (Lipinski definition) is 1. The van der Waals surface area contributed by atoms with E-state index in [4.69, 9.17) is 0 Å². The number of rotatable bonds is 4. The molecule has 0 bridgehead atoms. The Morgan fingerprint density at radius 1 is 1.00 bits per heavy atom. The number of carbonyl (C=O) groups is 1. The number of alkyl halides is 3. The van der Waals surface area contributed by atoms with Crippen molar-refractivity contribution in [2.45, 2.75) is 26.1 Å². The molecule has 1 N–H and O–H groups in total. The molecule has 0 fully saturated rings. The predicted octanol–water partition coefficient (Wildman–Crippen LogP) is 4.96. The highest BCUT2D eigenvalue weighted by Gasteiger charge is 2.30. The molecule has 28 heavy (non-hydrogen) atoms. The highest BCUT2D eigenvalue weighted by molar-refractivity contribution is 6.01. The van der Waals surface area contributed by atoms with Crippen molar-refractivity contribution in [1.82, 2.24) is 15.3 Å². The molecule has 0 aliphatic carbocycles. The van der Waals surface area contributed by atoms with Crippen LogP contribution in [0.5, 0.6) is 0 Å². The summed E-state index contributed by atoms with van der Waals surface area (Å²) in [6, 6.07) is 11.2. The van der Waals surface area contributed by atoms with Gasteiger partial charge in [0.1, 0.15) is 0 Å². The molecule has 0 saturated heterocycles. The first-order valence-electron chi connectivity index (χ1n) is 8.62. The van der Waals surface area contributed by atoms with Crippen molar-refractivity contribution < 1.29 is 18.0 Å². The van der Waals surface area contributed by atoms with Crippen LogP contribution in [0.4, 0.5) is 13.2 Å². The fourth-order valence-corrected chi connectivity index (χ4v) is 2.96. The lowest BCUT2D eigenvalue weighted by atomic mass is 9.98. The number of amides is 1. The van der Waals surface area contributed by atoms with E-state index in [2.05, 4.69) is 15.3 Å². The molecular weight excluding hydrogens is 367 g/mol. The third-order valence-electron chi connectivity index (χ3n) is 4.37. The van der Waals surface area contributed by atoms with E-state index in [1.807, 2.05) is 0 Å². The summed E-state index contributed by atoms with van der Waals surface area (Å²) in [5.41, 5.74) is 2.09. The van der Waals surface area contributed by atoms with Gasteiger partial charge in [0.15, 0.2) is 0 Å². The molecule has 0 aliphatic heterocycles. The molecule has 144 valence electrons. The molecule has 3 rings (SSSR count). The topological polar surface area (TPSA) is 54.9 Å². The lowest BCUT2D eigenvalue weighted by Crippen LogP contribution is -2.28. The van der Waals surface area contributed by atoms with Crippen LogP contribution >= 0.6 is 0 Å². The third-order valence-corrected chi connectivity index (χ3v) is 4.37. The van der Waals surface area contributed by atoms with Gasteiger partial charge in [-0.25, -0.2) is 0 Å². The molecule has 0 radical (unpaired) electrons. The minimum Gasteiger partial charge on any atom is -0.344 e. The maximum Gasteiger partial charge on any atom is 0.416 e. The summed E-state index contributed by atoms with van der Waals surface area (Å²) in [5.74, 6) is -0.340. The zero-order valence-electron chi connectivity index (χ0n) is 15.3. The lowest BCUT2D eigenvalue weighted by Gasteiger charge is -2.17. The van der Waals surface area contributed by atoms with Crippen molar-refractivity contribution in [2.24, 2.45) is 0 Å². The van der Waals surface area contributed by atoms with Crippen LogP contribution in [-0.4, -0.2) is 15.9 Å². The van der Waals surface area contributed by atoms with E-state index in [1.54, 1.807) is 50.5 Å². The van der Waals surface area contributed by atoms with Crippen molar-refractivity contribution in [3.05, 3.63) is 83.4 Å². The standard InChI is InChI=1S/C21H18F3N3O/c1-13-19(26-12-11-25-13)14(2)27-20(28)18-6-4-3-5-17(18)15-7-9-16(10-8-15)21(22,23)24/h3-12,14H,1-2H3,(H,27,28). The van der Waals surface area contributed by atoms with Crippen molar-refractivity contribution in [3.63, 3.8) is 0 Å². The summed E-state index contributed by atoms with van der Waals surface area (Å²) in [6.45, 7) is 3.61. The van der Waals surface area contributed by atoms with Gasteiger partial charge in [-0.1, -0.05) is 30.3 Å². The van der Waals surface area contributed by atoms with Crippen LogP contribution in [0.3, 0.4) is 0 Å². The Morgan fingerprint density at radius 3 is 2.29 bits per heavy atom. The fourth-order valence-electron chi connectivity index (χ4n) is 2.96. The number of benzene rings is 2. The molecular formula is C21H18F3N3O. The zero-order valence-corrected chi connectivity index (χ0v) is 15.3. The van der Waals surface area contributed by atoms with Crippen LogP contribution in [0, 0.1) is 6.92 Å². The van der Waals surface area contributed by atoms with Gasteiger partial charge < -0.3 is 5.32 Å². The molecule has 4 nitrogen and oxygen atoms in total. The van der Waals surface area contributed by atoms with Crippen molar-refractivity contribution >= 4 is 5.91 Å². The molecule has 0 aliphatic rings. The summed E-state index contributed by atoms with van der Waals surface area (Å²) in [5, 5.41) is 2.88. The molecule has 1 aromatic heterocycles. The first kappa shape index (κ1) is 19.5.